The first kappa shape index (κ1) is 12.0. The number of amides is 1. The van der Waals surface area contributed by atoms with Crippen LogP contribution in [0.2, 0.25) is 0 Å². The molecule has 3 atom stereocenters. The van der Waals surface area contributed by atoms with Crippen LogP contribution in [0.4, 0.5) is 0 Å². The van der Waals surface area contributed by atoms with E-state index in [2.05, 4.69) is 10.3 Å². The van der Waals surface area contributed by atoms with Crippen molar-refractivity contribution in [2.75, 3.05) is 0 Å². The summed E-state index contributed by atoms with van der Waals surface area (Å²) in [5.41, 5.74) is 0. The third-order valence-corrected chi connectivity index (χ3v) is 3.81. The van der Waals surface area contributed by atoms with Crippen molar-refractivity contribution in [2.24, 2.45) is 11.8 Å². The summed E-state index contributed by atoms with van der Waals surface area (Å²) in [6.07, 6.45) is 2.91. The van der Waals surface area contributed by atoms with Gasteiger partial charge in [0.05, 0.1) is 17.9 Å². The van der Waals surface area contributed by atoms with Gasteiger partial charge in [0.2, 0.25) is 5.91 Å². The molecule has 1 aliphatic carbocycles. The number of carbonyl (C=O) groups is 2. The molecule has 0 aromatic carbocycles. The Bertz CT molecular complexity index is 418. The van der Waals surface area contributed by atoms with E-state index in [9.17, 15) is 9.59 Å². The second-order valence-corrected chi connectivity index (χ2v) is 5.05. The Morgan fingerprint density at radius 2 is 2.41 bits per heavy atom. The van der Waals surface area contributed by atoms with E-state index in [1.807, 2.05) is 12.3 Å². The minimum Gasteiger partial charge on any atom is -0.481 e. The highest BCUT2D eigenvalue weighted by Gasteiger charge is 2.48. The number of hydrogen-bond acceptors (Lipinski definition) is 4. The van der Waals surface area contributed by atoms with Crippen molar-refractivity contribution in [1.82, 2.24) is 10.3 Å². The maximum absolute atomic E-state index is 11.8. The molecule has 17 heavy (non-hydrogen) atoms. The number of carbonyl (C=O) groups excluding carboxylic acids is 1. The number of hydrogen-bond donors (Lipinski definition) is 2. The Morgan fingerprint density at radius 3 is 2.88 bits per heavy atom. The zero-order valence-electron chi connectivity index (χ0n) is 9.42. The first-order valence-electron chi connectivity index (χ1n) is 5.56. The largest absolute Gasteiger partial charge is 0.481 e. The SMILES string of the molecule is CCC(NC(=O)[C@@H]1C[C@@H]1C(=O)O)c1nccs1. The number of aromatic nitrogens is 1. The lowest BCUT2D eigenvalue weighted by molar-refractivity contribution is -0.140. The first-order valence-corrected chi connectivity index (χ1v) is 6.44. The van der Waals surface area contributed by atoms with Crippen LogP contribution >= 0.6 is 11.3 Å². The molecule has 0 spiro atoms. The van der Waals surface area contributed by atoms with Crippen LogP contribution in [-0.2, 0) is 9.59 Å². The number of rotatable bonds is 5. The molecular formula is C11H14N2O3S. The highest BCUT2D eigenvalue weighted by molar-refractivity contribution is 7.09. The van der Waals surface area contributed by atoms with Crippen molar-refractivity contribution in [3.63, 3.8) is 0 Å². The number of thiazole rings is 1. The zero-order chi connectivity index (χ0) is 12.4. The van der Waals surface area contributed by atoms with Gasteiger partial charge in [-0.2, -0.15) is 0 Å². The molecule has 0 radical (unpaired) electrons. The van der Waals surface area contributed by atoms with Crippen LogP contribution in [0.1, 0.15) is 30.8 Å². The Morgan fingerprint density at radius 1 is 1.65 bits per heavy atom. The summed E-state index contributed by atoms with van der Waals surface area (Å²) in [5, 5.41) is 14.4. The smallest absolute Gasteiger partial charge is 0.307 e. The first-order chi connectivity index (χ1) is 8.13. The Kier molecular flexibility index (Phi) is 3.42. The van der Waals surface area contributed by atoms with E-state index in [0.717, 1.165) is 11.4 Å². The van der Waals surface area contributed by atoms with Crippen LogP contribution < -0.4 is 5.32 Å². The lowest BCUT2D eigenvalue weighted by Gasteiger charge is -2.14. The predicted octanol–water partition coefficient (Wildman–Crippen LogP) is 1.43. The molecule has 2 rings (SSSR count). The van der Waals surface area contributed by atoms with E-state index in [1.54, 1.807) is 6.20 Å². The van der Waals surface area contributed by atoms with Crippen molar-refractivity contribution in [2.45, 2.75) is 25.8 Å². The molecule has 0 bridgehead atoms. The van der Waals surface area contributed by atoms with E-state index >= 15 is 0 Å². The normalized spacial score (nSPS) is 24.1. The number of nitrogens with zero attached hydrogens (tertiary/aromatic N) is 1. The topological polar surface area (TPSA) is 79.3 Å². The average Bonchev–Trinajstić information content (AvgIpc) is 2.94. The van der Waals surface area contributed by atoms with Gasteiger partial charge in [0, 0.05) is 11.6 Å². The fraction of sp³-hybridized carbons (Fsp3) is 0.545. The van der Waals surface area contributed by atoms with Crippen LogP contribution in [0.15, 0.2) is 11.6 Å². The van der Waals surface area contributed by atoms with Gasteiger partial charge >= 0.3 is 5.97 Å². The molecule has 1 aromatic rings. The van der Waals surface area contributed by atoms with Crippen molar-refractivity contribution in [1.29, 1.82) is 0 Å². The second kappa shape index (κ2) is 4.83. The van der Waals surface area contributed by atoms with Crippen LogP contribution in [0.5, 0.6) is 0 Å². The molecule has 1 heterocycles. The van der Waals surface area contributed by atoms with Crippen molar-refractivity contribution in [3.8, 4) is 0 Å². The van der Waals surface area contributed by atoms with E-state index in [0.29, 0.717) is 6.42 Å². The minimum atomic E-state index is -0.882. The Hall–Kier alpha value is -1.43. The molecule has 1 saturated carbocycles. The van der Waals surface area contributed by atoms with E-state index in [4.69, 9.17) is 5.11 Å². The molecular weight excluding hydrogens is 240 g/mol. The summed E-state index contributed by atoms with van der Waals surface area (Å²) in [6.45, 7) is 1.97. The molecule has 0 saturated heterocycles. The molecule has 0 aliphatic heterocycles. The van der Waals surface area contributed by atoms with Crippen LogP contribution in [-0.4, -0.2) is 22.0 Å². The van der Waals surface area contributed by atoms with Crippen molar-refractivity contribution >= 4 is 23.2 Å². The third kappa shape index (κ3) is 2.63. The highest BCUT2D eigenvalue weighted by atomic mass is 32.1. The number of aliphatic carboxylic acids is 1. The van der Waals surface area contributed by atoms with Crippen LogP contribution in [0, 0.1) is 11.8 Å². The predicted molar refractivity (Wildman–Crippen MR) is 62.5 cm³/mol. The molecule has 5 nitrogen and oxygen atoms in total. The summed E-state index contributed by atoms with van der Waals surface area (Å²) in [6, 6.07) is -0.0995. The molecule has 1 fully saturated rings. The van der Waals surface area contributed by atoms with Gasteiger partial charge in [0.1, 0.15) is 5.01 Å². The van der Waals surface area contributed by atoms with Gasteiger partial charge in [0.15, 0.2) is 0 Å². The van der Waals surface area contributed by atoms with Gasteiger partial charge in [-0.1, -0.05) is 6.92 Å². The zero-order valence-corrected chi connectivity index (χ0v) is 10.2. The quantitative estimate of drug-likeness (QED) is 0.833. The van der Waals surface area contributed by atoms with Gasteiger partial charge < -0.3 is 10.4 Å². The monoisotopic (exact) mass is 254 g/mol. The molecule has 1 unspecified atom stereocenters. The Labute approximate surface area is 103 Å². The van der Waals surface area contributed by atoms with Crippen LogP contribution in [0.25, 0.3) is 0 Å². The molecule has 2 N–H and O–H groups in total. The summed E-state index contributed by atoms with van der Waals surface area (Å²) >= 11 is 1.49. The fourth-order valence-electron chi connectivity index (χ4n) is 1.78. The van der Waals surface area contributed by atoms with E-state index < -0.39 is 11.9 Å². The van der Waals surface area contributed by atoms with Crippen molar-refractivity contribution in [3.05, 3.63) is 16.6 Å². The molecule has 1 aliphatic rings. The third-order valence-electron chi connectivity index (χ3n) is 2.92. The van der Waals surface area contributed by atoms with Crippen molar-refractivity contribution < 1.29 is 14.7 Å². The molecule has 1 amide bonds. The lowest BCUT2D eigenvalue weighted by Crippen LogP contribution is -2.30. The summed E-state index contributed by atoms with van der Waals surface area (Å²) in [5.74, 6) is -1.91. The standard InChI is InChI=1S/C11H14N2O3S/c1-2-8(10-12-3-4-17-10)13-9(14)6-5-7(6)11(15)16/h3-4,6-8H,2,5H2,1H3,(H,13,14)(H,15,16)/t6-,7+,8?/m1/s1. The minimum absolute atomic E-state index is 0.0995. The lowest BCUT2D eigenvalue weighted by atomic mass is 10.2. The molecule has 6 heteroatoms. The molecule has 1 aromatic heterocycles. The summed E-state index contributed by atoms with van der Waals surface area (Å²) in [7, 11) is 0. The second-order valence-electron chi connectivity index (χ2n) is 4.13. The van der Waals surface area contributed by atoms with E-state index in [-0.39, 0.29) is 17.9 Å². The summed E-state index contributed by atoms with van der Waals surface area (Å²) < 4.78 is 0. The van der Waals surface area contributed by atoms with Gasteiger partial charge in [-0.3, -0.25) is 9.59 Å². The van der Waals surface area contributed by atoms with Gasteiger partial charge in [-0.15, -0.1) is 11.3 Å². The fourth-order valence-corrected chi connectivity index (χ4v) is 2.55. The van der Waals surface area contributed by atoms with Gasteiger partial charge in [-0.25, -0.2) is 4.98 Å². The number of carboxylic acids is 1. The van der Waals surface area contributed by atoms with Gasteiger partial charge in [0.25, 0.3) is 0 Å². The average molecular weight is 254 g/mol. The maximum atomic E-state index is 11.8. The highest BCUT2D eigenvalue weighted by Crippen LogP contribution is 2.39. The number of nitrogens with one attached hydrogen (secondary N) is 1. The Balaban J connectivity index is 1.92. The summed E-state index contributed by atoms with van der Waals surface area (Å²) in [4.78, 5) is 26.6. The van der Waals surface area contributed by atoms with Gasteiger partial charge in [-0.05, 0) is 12.8 Å². The number of carboxylic acid groups (broad SMARTS) is 1. The molecule has 92 valence electrons. The maximum Gasteiger partial charge on any atom is 0.307 e. The van der Waals surface area contributed by atoms with E-state index in [1.165, 1.54) is 11.3 Å². The van der Waals surface area contributed by atoms with Crippen LogP contribution in [0.3, 0.4) is 0 Å².